The van der Waals surface area contributed by atoms with Gasteiger partial charge in [0.2, 0.25) is 0 Å². The molecule has 96 valence electrons. The van der Waals surface area contributed by atoms with Gasteiger partial charge in [-0.1, -0.05) is 38.1 Å². The largest absolute Gasteiger partial charge is 0.324 e. The molecule has 1 aromatic rings. The molecule has 0 amide bonds. The molecular weight excluding hydrogens is 208 g/mol. The lowest BCUT2D eigenvalue weighted by Gasteiger charge is -2.22. The summed E-state index contributed by atoms with van der Waals surface area (Å²) in [7, 11) is 2.17. The van der Waals surface area contributed by atoms with Crippen molar-refractivity contribution < 1.29 is 0 Å². The molecule has 0 spiro atoms. The van der Waals surface area contributed by atoms with Crippen LogP contribution in [0.3, 0.4) is 0 Å². The van der Waals surface area contributed by atoms with Crippen molar-refractivity contribution in [3.63, 3.8) is 0 Å². The third-order valence-corrected chi connectivity index (χ3v) is 3.09. The zero-order valence-electron chi connectivity index (χ0n) is 11.6. The summed E-state index contributed by atoms with van der Waals surface area (Å²) < 4.78 is 0. The Labute approximate surface area is 106 Å². The van der Waals surface area contributed by atoms with Crippen molar-refractivity contribution in [1.29, 1.82) is 0 Å². The molecule has 0 aliphatic carbocycles. The highest BCUT2D eigenvalue weighted by Crippen LogP contribution is 2.18. The summed E-state index contributed by atoms with van der Waals surface area (Å²) in [6, 6.07) is 8.57. The van der Waals surface area contributed by atoms with E-state index in [0.717, 1.165) is 25.4 Å². The van der Waals surface area contributed by atoms with E-state index in [1.54, 1.807) is 0 Å². The monoisotopic (exact) mass is 234 g/mol. The fourth-order valence-electron chi connectivity index (χ4n) is 2.23. The highest BCUT2D eigenvalue weighted by Gasteiger charge is 2.10. The Morgan fingerprint density at radius 3 is 2.47 bits per heavy atom. The van der Waals surface area contributed by atoms with Gasteiger partial charge in [-0.05, 0) is 44.0 Å². The first-order chi connectivity index (χ1) is 8.00. The molecule has 0 aliphatic rings. The van der Waals surface area contributed by atoms with Gasteiger partial charge >= 0.3 is 0 Å². The molecule has 0 bridgehead atoms. The van der Waals surface area contributed by atoms with Crippen LogP contribution in [0.15, 0.2) is 24.3 Å². The van der Waals surface area contributed by atoms with E-state index < -0.39 is 0 Å². The molecule has 1 atom stereocenters. The van der Waals surface area contributed by atoms with Gasteiger partial charge in [-0.2, -0.15) is 0 Å². The Hall–Kier alpha value is -0.860. The molecule has 0 saturated carbocycles. The van der Waals surface area contributed by atoms with Crippen molar-refractivity contribution >= 4 is 0 Å². The minimum atomic E-state index is 0.158. The predicted octanol–water partition coefficient (Wildman–Crippen LogP) is 2.97. The Kier molecular flexibility index (Phi) is 5.66. The lowest BCUT2D eigenvalue weighted by atomic mass is 9.99. The maximum atomic E-state index is 6.25. The molecule has 0 radical (unpaired) electrons. The van der Waals surface area contributed by atoms with Crippen LogP contribution in [0, 0.1) is 12.8 Å². The van der Waals surface area contributed by atoms with Gasteiger partial charge in [-0.25, -0.2) is 0 Å². The van der Waals surface area contributed by atoms with Gasteiger partial charge in [-0.3, -0.25) is 0 Å². The van der Waals surface area contributed by atoms with Gasteiger partial charge in [0, 0.05) is 12.6 Å². The van der Waals surface area contributed by atoms with Crippen molar-refractivity contribution in [1.82, 2.24) is 4.90 Å². The normalized spacial score (nSPS) is 13.4. The number of aryl methyl sites for hydroxylation is 1. The minimum Gasteiger partial charge on any atom is -0.324 e. The van der Waals surface area contributed by atoms with Crippen LogP contribution in [0.5, 0.6) is 0 Å². The highest BCUT2D eigenvalue weighted by atomic mass is 15.1. The van der Waals surface area contributed by atoms with E-state index >= 15 is 0 Å². The van der Waals surface area contributed by atoms with Crippen molar-refractivity contribution in [3.8, 4) is 0 Å². The Bertz CT molecular complexity index is 333. The second-order valence-electron chi connectivity index (χ2n) is 5.41. The quantitative estimate of drug-likeness (QED) is 0.820. The summed E-state index contributed by atoms with van der Waals surface area (Å²) in [6.45, 7) is 8.83. The third kappa shape index (κ3) is 4.88. The molecule has 1 rings (SSSR count). The maximum absolute atomic E-state index is 6.25. The van der Waals surface area contributed by atoms with Crippen molar-refractivity contribution in [2.75, 3.05) is 20.1 Å². The molecule has 17 heavy (non-hydrogen) atoms. The fourth-order valence-corrected chi connectivity index (χ4v) is 2.23. The van der Waals surface area contributed by atoms with Gasteiger partial charge in [0.25, 0.3) is 0 Å². The molecular formula is C15H26N2. The molecule has 1 unspecified atom stereocenters. The second kappa shape index (κ2) is 6.77. The van der Waals surface area contributed by atoms with Gasteiger partial charge in [0.15, 0.2) is 0 Å². The molecule has 0 aliphatic heterocycles. The average molecular weight is 234 g/mol. The standard InChI is InChI=1S/C15H26N2/c1-12(2)11-17(4)10-9-15(16)14-8-6-5-7-13(14)3/h5-8,12,15H,9-11,16H2,1-4H3. The number of rotatable bonds is 6. The van der Waals surface area contributed by atoms with Gasteiger partial charge < -0.3 is 10.6 Å². The first-order valence-electron chi connectivity index (χ1n) is 6.50. The summed E-state index contributed by atoms with van der Waals surface area (Å²) in [4.78, 5) is 2.36. The summed E-state index contributed by atoms with van der Waals surface area (Å²) >= 11 is 0. The predicted molar refractivity (Wildman–Crippen MR) is 75.1 cm³/mol. The number of hydrogen-bond acceptors (Lipinski definition) is 2. The summed E-state index contributed by atoms with van der Waals surface area (Å²) in [5.74, 6) is 0.717. The highest BCUT2D eigenvalue weighted by molar-refractivity contribution is 5.28. The maximum Gasteiger partial charge on any atom is 0.0309 e. The van der Waals surface area contributed by atoms with Crippen LogP contribution in [-0.2, 0) is 0 Å². The van der Waals surface area contributed by atoms with E-state index in [0.29, 0.717) is 0 Å². The Balaban J connectivity index is 2.45. The van der Waals surface area contributed by atoms with Crippen LogP contribution in [0.2, 0.25) is 0 Å². The summed E-state index contributed by atoms with van der Waals surface area (Å²) in [5, 5.41) is 0. The number of benzene rings is 1. The van der Waals surface area contributed by atoms with E-state index in [9.17, 15) is 0 Å². The zero-order valence-corrected chi connectivity index (χ0v) is 11.6. The third-order valence-electron chi connectivity index (χ3n) is 3.09. The average Bonchev–Trinajstić information content (AvgIpc) is 2.25. The Morgan fingerprint density at radius 1 is 1.24 bits per heavy atom. The van der Waals surface area contributed by atoms with Gasteiger partial charge in [0.05, 0.1) is 0 Å². The van der Waals surface area contributed by atoms with E-state index in [-0.39, 0.29) is 6.04 Å². The van der Waals surface area contributed by atoms with E-state index in [2.05, 4.69) is 57.0 Å². The van der Waals surface area contributed by atoms with E-state index in [4.69, 9.17) is 5.73 Å². The van der Waals surface area contributed by atoms with Crippen molar-refractivity contribution in [2.24, 2.45) is 11.7 Å². The molecule has 2 N–H and O–H groups in total. The van der Waals surface area contributed by atoms with Crippen LogP contribution in [0.1, 0.15) is 37.4 Å². The smallest absolute Gasteiger partial charge is 0.0309 e. The molecule has 0 saturated heterocycles. The summed E-state index contributed by atoms with van der Waals surface area (Å²) in [5.41, 5.74) is 8.83. The van der Waals surface area contributed by atoms with Gasteiger partial charge in [-0.15, -0.1) is 0 Å². The zero-order chi connectivity index (χ0) is 12.8. The SMILES string of the molecule is Cc1ccccc1C(N)CCN(C)CC(C)C. The van der Waals surface area contributed by atoms with Crippen LogP contribution in [0.4, 0.5) is 0 Å². The van der Waals surface area contributed by atoms with Crippen molar-refractivity contribution in [3.05, 3.63) is 35.4 Å². The lowest BCUT2D eigenvalue weighted by Crippen LogP contribution is -2.27. The van der Waals surface area contributed by atoms with Crippen LogP contribution < -0.4 is 5.73 Å². The fraction of sp³-hybridized carbons (Fsp3) is 0.600. The summed E-state index contributed by atoms with van der Waals surface area (Å²) in [6.07, 6.45) is 1.02. The minimum absolute atomic E-state index is 0.158. The van der Waals surface area contributed by atoms with E-state index in [1.807, 2.05) is 0 Å². The second-order valence-corrected chi connectivity index (χ2v) is 5.41. The first kappa shape index (κ1) is 14.2. The molecule has 2 nitrogen and oxygen atoms in total. The molecule has 1 aromatic carbocycles. The molecule has 0 aromatic heterocycles. The van der Waals surface area contributed by atoms with Gasteiger partial charge in [0.1, 0.15) is 0 Å². The van der Waals surface area contributed by atoms with Crippen molar-refractivity contribution in [2.45, 2.75) is 33.2 Å². The van der Waals surface area contributed by atoms with Crippen LogP contribution in [-0.4, -0.2) is 25.0 Å². The molecule has 2 heteroatoms. The lowest BCUT2D eigenvalue weighted by molar-refractivity contribution is 0.284. The van der Waals surface area contributed by atoms with E-state index in [1.165, 1.54) is 11.1 Å². The number of hydrogen-bond donors (Lipinski definition) is 1. The topological polar surface area (TPSA) is 29.3 Å². The molecule has 0 fully saturated rings. The first-order valence-corrected chi connectivity index (χ1v) is 6.50. The molecule has 0 heterocycles. The van der Waals surface area contributed by atoms with Crippen LogP contribution in [0.25, 0.3) is 0 Å². The number of nitrogens with two attached hydrogens (primary N) is 1. The number of nitrogens with zero attached hydrogens (tertiary/aromatic N) is 1. The Morgan fingerprint density at radius 2 is 1.88 bits per heavy atom. The van der Waals surface area contributed by atoms with Crippen LogP contribution >= 0.6 is 0 Å².